The predicted molar refractivity (Wildman–Crippen MR) is 206 cm³/mol. The van der Waals surface area contributed by atoms with Crippen LogP contribution in [0.3, 0.4) is 0 Å². The standard InChI is InChI=1S/C44H41BN2O/c1-42(2,3)24-14-18-34-30(20-24)28-17-16-27-32-22-26(44(7,8)9)23-33-31-21-25(43(4,5)6)15-19-35(31)47(38(32)33)45-37(27)39(28)46(34)40-29-12-10-11-13-36(29)48-41(40)45/h10-23H,1-9H3. The summed E-state index contributed by atoms with van der Waals surface area (Å²) in [7, 11) is 0. The van der Waals surface area contributed by atoms with Gasteiger partial charge < -0.3 is 13.5 Å². The minimum atomic E-state index is -0.0847. The van der Waals surface area contributed by atoms with Crippen LogP contribution in [0.1, 0.15) is 79.0 Å². The highest BCUT2D eigenvalue weighted by Crippen LogP contribution is 2.47. The van der Waals surface area contributed by atoms with Crippen molar-refractivity contribution in [1.29, 1.82) is 0 Å². The van der Waals surface area contributed by atoms with Gasteiger partial charge in [0.1, 0.15) is 11.2 Å². The molecule has 0 saturated carbocycles. The first kappa shape index (κ1) is 28.3. The molecule has 0 aliphatic carbocycles. The van der Waals surface area contributed by atoms with Gasteiger partial charge in [0, 0.05) is 43.5 Å². The number of nitrogens with zero attached hydrogens (tertiary/aromatic N) is 2. The molecule has 0 amide bonds. The van der Waals surface area contributed by atoms with Crippen LogP contribution in [-0.4, -0.2) is 15.9 Å². The summed E-state index contributed by atoms with van der Waals surface area (Å²) < 4.78 is 12.2. The second-order valence-electron chi connectivity index (χ2n) is 17.5. The van der Waals surface area contributed by atoms with Gasteiger partial charge in [-0.3, -0.25) is 0 Å². The Balaban J connectivity index is 1.45. The molecular weight excluding hydrogens is 583 g/mol. The summed E-state index contributed by atoms with van der Waals surface area (Å²) in [4.78, 5) is 0. The van der Waals surface area contributed by atoms with E-state index < -0.39 is 0 Å². The van der Waals surface area contributed by atoms with Gasteiger partial charge in [0.05, 0.1) is 16.7 Å². The van der Waals surface area contributed by atoms with E-state index >= 15 is 0 Å². The third-order valence-corrected chi connectivity index (χ3v) is 11.4. The zero-order valence-electron chi connectivity index (χ0n) is 29.5. The highest BCUT2D eigenvalue weighted by molar-refractivity contribution is 6.89. The summed E-state index contributed by atoms with van der Waals surface area (Å²) in [5, 5.41) is 6.45. The largest absolute Gasteiger partial charge is 0.466 e. The molecule has 0 unspecified atom stereocenters. The SMILES string of the molecule is CC(C)(C)c1ccc2c(c1)c1cc(C(C)(C)C)cc3c1n2B1c2oc4ccccc4c2-n2c4ccc(C(C)(C)C)cc4c4ccc-3c1c42. The van der Waals surface area contributed by atoms with Gasteiger partial charge in [0.2, 0.25) is 0 Å². The van der Waals surface area contributed by atoms with Crippen molar-refractivity contribution in [3.05, 3.63) is 102 Å². The van der Waals surface area contributed by atoms with E-state index in [1.54, 1.807) is 0 Å². The summed E-state index contributed by atoms with van der Waals surface area (Å²) in [6, 6.07) is 32.7. The van der Waals surface area contributed by atoms with Gasteiger partial charge in [-0.25, -0.2) is 0 Å². The van der Waals surface area contributed by atoms with Crippen LogP contribution in [-0.2, 0) is 16.2 Å². The van der Waals surface area contributed by atoms with Crippen LogP contribution >= 0.6 is 0 Å². The van der Waals surface area contributed by atoms with E-state index in [4.69, 9.17) is 4.42 Å². The molecular formula is C44H41BN2O. The molecule has 3 aromatic heterocycles. The second kappa shape index (κ2) is 8.66. The smallest absolute Gasteiger partial charge is 0.376 e. The molecule has 236 valence electrons. The van der Waals surface area contributed by atoms with Gasteiger partial charge in [-0.15, -0.1) is 0 Å². The Kier molecular flexibility index (Phi) is 5.11. The maximum absolute atomic E-state index is 7.05. The van der Waals surface area contributed by atoms with E-state index in [1.165, 1.54) is 88.0 Å². The molecule has 10 rings (SSSR count). The summed E-state index contributed by atoms with van der Waals surface area (Å²) in [6.45, 7) is 20.8. The van der Waals surface area contributed by atoms with Gasteiger partial charge in [0.25, 0.3) is 0 Å². The average Bonchev–Trinajstić information content (AvgIpc) is 3.68. The summed E-state index contributed by atoms with van der Waals surface area (Å²) in [5.41, 5.74) is 16.5. The zero-order valence-corrected chi connectivity index (χ0v) is 29.5. The predicted octanol–water partition coefficient (Wildman–Crippen LogP) is 10.5. The summed E-state index contributed by atoms with van der Waals surface area (Å²) in [6.07, 6.45) is 0. The third-order valence-electron chi connectivity index (χ3n) is 11.4. The second-order valence-corrected chi connectivity index (χ2v) is 17.5. The number of furan rings is 1. The molecule has 0 bridgehead atoms. The van der Waals surface area contributed by atoms with Crippen molar-refractivity contribution < 1.29 is 4.42 Å². The Morgan fingerprint density at radius 3 is 1.83 bits per heavy atom. The Labute approximate surface area is 282 Å². The van der Waals surface area contributed by atoms with Crippen LogP contribution in [0, 0.1) is 0 Å². The monoisotopic (exact) mass is 624 g/mol. The van der Waals surface area contributed by atoms with E-state index in [-0.39, 0.29) is 23.1 Å². The van der Waals surface area contributed by atoms with Crippen molar-refractivity contribution in [2.24, 2.45) is 0 Å². The third kappa shape index (κ3) is 3.46. The molecule has 0 radical (unpaired) electrons. The van der Waals surface area contributed by atoms with Gasteiger partial charge in [-0.05, 0) is 92.5 Å². The van der Waals surface area contributed by atoms with Crippen molar-refractivity contribution in [3.8, 4) is 16.8 Å². The number of aromatic nitrogens is 2. The average molecular weight is 625 g/mol. The summed E-state index contributed by atoms with van der Waals surface area (Å²) >= 11 is 0. The van der Waals surface area contributed by atoms with Crippen LogP contribution < -0.4 is 11.1 Å². The number of hydrogen-bond donors (Lipinski definition) is 0. The van der Waals surface area contributed by atoms with Crippen LogP contribution in [0.4, 0.5) is 0 Å². The molecule has 2 aliphatic rings. The fourth-order valence-electron chi connectivity index (χ4n) is 8.74. The minimum absolute atomic E-state index is 0.00307. The fourth-order valence-corrected chi connectivity index (χ4v) is 8.74. The van der Waals surface area contributed by atoms with Gasteiger partial charge in [-0.1, -0.05) is 98.7 Å². The van der Waals surface area contributed by atoms with Gasteiger partial charge in [0.15, 0.2) is 0 Å². The lowest BCUT2D eigenvalue weighted by molar-refractivity contribution is 0.590. The molecule has 8 aromatic rings. The van der Waals surface area contributed by atoms with Crippen molar-refractivity contribution >= 4 is 72.6 Å². The zero-order chi connectivity index (χ0) is 33.2. The first-order chi connectivity index (χ1) is 22.7. The maximum Gasteiger partial charge on any atom is 0.376 e. The van der Waals surface area contributed by atoms with Crippen molar-refractivity contribution in [2.75, 3.05) is 0 Å². The maximum atomic E-state index is 7.05. The molecule has 5 aromatic carbocycles. The van der Waals surface area contributed by atoms with Crippen molar-refractivity contribution in [2.45, 2.75) is 78.6 Å². The quantitative estimate of drug-likeness (QED) is 0.154. The lowest BCUT2D eigenvalue weighted by Gasteiger charge is -2.32. The lowest BCUT2D eigenvalue weighted by Crippen LogP contribution is -2.54. The highest BCUT2D eigenvalue weighted by atomic mass is 16.3. The molecule has 5 heterocycles. The Bertz CT molecular complexity index is 2730. The number of rotatable bonds is 0. The van der Waals surface area contributed by atoms with E-state index in [0.717, 1.165) is 11.2 Å². The molecule has 0 atom stereocenters. The number of benzene rings is 5. The minimum Gasteiger partial charge on any atom is -0.466 e. The number of fused-ring (bicyclic) bond motifs is 13. The summed E-state index contributed by atoms with van der Waals surface area (Å²) in [5.74, 6) is 0. The van der Waals surface area contributed by atoms with Crippen LogP contribution in [0.2, 0.25) is 0 Å². The number of hydrogen-bond acceptors (Lipinski definition) is 1. The topological polar surface area (TPSA) is 23.0 Å². The van der Waals surface area contributed by atoms with E-state index in [2.05, 4.69) is 156 Å². The fraction of sp³-hybridized carbons (Fsp3) is 0.273. The molecule has 0 saturated heterocycles. The van der Waals surface area contributed by atoms with Crippen LogP contribution in [0.5, 0.6) is 0 Å². The Hall–Kier alpha value is -4.70. The molecule has 4 heteroatoms. The molecule has 0 fully saturated rings. The van der Waals surface area contributed by atoms with Crippen LogP contribution in [0.25, 0.3) is 71.4 Å². The van der Waals surface area contributed by atoms with E-state index in [9.17, 15) is 0 Å². The van der Waals surface area contributed by atoms with Crippen molar-refractivity contribution in [1.82, 2.24) is 9.05 Å². The van der Waals surface area contributed by atoms with Gasteiger partial charge in [-0.2, -0.15) is 0 Å². The first-order valence-corrected chi connectivity index (χ1v) is 17.5. The highest BCUT2D eigenvalue weighted by Gasteiger charge is 2.45. The lowest BCUT2D eigenvalue weighted by atomic mass is 9.48. The van der Waals surface area contributed by atoms with Gasteiger partial charge >= 0.3 is 6.85 Å². The van der Waals surface area contributed by atoms with E-state index in [0.29, 0.717) is 0 Å². The number of para-hydroxylation sites is 1. The molecule has 0 N–H and O–H groups in total. The molecule has 3 nitrogen and oxygen atoms in total. The first-order valence-electron chi connectivity index (χ1n) is 17.5. The van der Waals surface area contributed by atoms with Crippen molar-refractivity contribution in [3.63, 3.8) is 0 Å². The molecule has 2 aliphatic heterocycles. The van der Waals surface area contributed by atoms with E-state index in [1.807, 2.05) is 0 Å². The molecule has 48 heavy (non-hydrogen) atoms. The van der Waals surface area contributed by atoms with Crippen LogP contribution in [0.15, 0.2) is 89.3 Å². The molecule has 0 spiro atoms. The Morgan fingerprint density at radius 1 is 0.521 bits per heavy atom. The normalized spacial score (nSPS) is 14.3. The Morgan fingerprint density at radius 2 is 1.15 bits per heavy atom.